The molecule has 0 amide bonds. The average Bonchev–Trinajstić information content (AvgIpc) is 2.71. The van der Waals surface area contributed by atoms with Crippen molar-refractivity contribution in [2.24, 2.45) is 5.92 Å². The summed E-state index contributed by atoms with van der Waals surface area (Å²) in [6.07, 6.45) is 12.2. The van der Waals surface area contributed by atoms with Gasteiger partial charge in [0.25, 0.3) is 0 Å². The molecule has 0 radical (unpaired) electrons. The van der Waals surface area contributed by atoms with Gasteiger partial charge in [-0.2, -0.15) is 0 Å². The van der Waals surface area contributed by atoms with Gasteiger partial charge in [-0.15, -0.1) is 0 Å². The zero-order valence-electron chi connectivity index (χ0n) is 16.7. The number of benzene rings is 1. The maximum atomic E-state index is 14.1. The van der Waals surface area contributed by atoms with Crippen LogP contribution in [0.3, 0.4) is 0 Å². The van der Waals surface area contributed by atoms with Crippen LogP contribution in [0, 0.1) is 11.7 Å². The van der Waals surface area contributed by atoms with E-state index in [1.165, 1.54) is 63.0 Å². The lowest BCUT2D eigenvalue weighted by Gasteiger charge is -2.29. The Bertz CT molecular complexity index is 692. The molecule has 2 aromatic rings. The number of rotatable bonds is 8. The monoisotopic (exact) mass is 369 g/mol. The van der Waals surface area contributed by atoms with Gasteiger partial charge in [0.15, 0.2) is 0 Å². The molecule has 0 spiro atoms. The molecule has 0 aliphatic heterocycles. The summed E-state index contributed by atoms with van der Waals surface area (Å²) in [6, 6.07) is 10.9. The van der Waals surface area contributed by atoms with Crippen LogP contribution in [0.1, 0.15) is 87.1 Å². The van der Waals surface area contributed by atoms with Crippen LogP contribution in [-0.4, -0.2) is 12.1 Å². The van der Waals surface area contributed by atoms with Crippen LogP contribution in [-0.2, 0) is 4.74 Å². The molecule has 1 fully saturated rings. The summed E-state index contributed by atoms with van der Waals surface area (Å²) < 4.78 is 19.7. The second-order valence-corrected chi connectivity index (χ2v) is 7.87. The van der Waals surface area contributed by atoms with Gasteiger partial charge in [0, 0.05) is 18.9 Å². The molecule has 1 aliphatic carbocycles. The van der Waals surface area contributed by atoms with E-state index in [9.17, 15) is 4.39 Å². The minimum Gasteiger partial charge on any atom is -0.370 e. The summed E-state index contributed by atoms with van der Waals surface area (Å²) in [5, 5.41) is 0. The minimum atomic E-state index is -0.463. The molecule has 146 valence electrons. The van der Waals surface area contributed by atoms with E-state index in [1.807, 2.05) is 18.3 Å². The van der Waals surface area contributed by atoms with Gasteiger partial charge in [-0.3, -0.25) is 4.98 Å². The quantitative estimate of drug-likeness (QED) is 0.477. The largest absolute Gasteiger partial charge is 0.370 e. The third-order valence-electron chi connectivity index (χ3n) is 6.04. The molecule has 0 saturated heterocycles. The molecule has 1 aliphatic rings. The predicted octanol–water partition coefficient (Wildman–Crippen LogP) is 6.81. The number of hydrogen-bond donors (Lipinski definition) is 0. The zero-order chi connectivity index (χ0) is 19.1. The van der Waals surface area contributed by atoms with Crippen LogP contribution in [0.25, 0.3) is 0 Å². The van der Waals surface area contributed by atoms with Gasteiger partial charge >= 0.3 is 0 Å². The summed E-state index contributed by atoms with van der Waals surface area (Å²) in [5.74, 6) is 1.28. The lowest BCUT2D eigenvalue weighted by atomic mass is 9.77. The summed E-state index contributed by atoms with van der Waals surface area (Å²) >= 11 is 0. The van der Waals surface area contributed by atoms with E-state index < -0.39 is 6.10 Å². The van der Waals surface area contributed by atoms with Crippen LogP contribution >= 0.6 is 0 Å². The molecule has 27 heavy (non-hydrogen) atoms. The Morgan fingerprint density at radius 3 is 2.48 bits per heavy atom. The Morgan fingerprint density at radius 2 is 1.85 bits per heavy atom. The van der Waals surface area contributed by atoms with E-state index in [-0.39, 0.29) is 5.82 Å². The number of nitrogens with zero attached hydrogens (tertiary/aromatic N) is 1. The normalized spacial score (nSPS) is 21.1. The van der Waals surface area contributed by atoms with E-state index >= 15 is 0 Å². The second-order valence-electron chi connectivity index (χ2n) is 7.87. The van der Waals surface area contributed by atoms with Crippen molar-refractivity contribution in [1.29, 1.82) is 0 Å². The van der Waals surface area contributed by atoms with Crippen LogP contribution in [0.4, 0.5) is 4.39 Å². The Labute approximate surface area is 163 Å². The lowest BCUT2D eigenvalue weighted by Crippen LogP contribution is -2.14. The summed E-state index contributed by atoms with van der Waals surface area (Å²) in [7, 11) is 1.60. The molecule has 1 atom stereocenters. The predicted molar refractivity (Wildman–Crippen MR) is 108 cm³/mol. The molecule has 1 heterocycles. The minimum absolute atomic E-state index is 0.253. The molecular weight excluding hydrogens is 337 g/mol. The fraction of sp³-hybridized carbons (Fsp3) is 0.542. The van der Waals surface area contributed by atoms with Crippen molar-refractivity contribution in [3.05, 3.63) is 65.2 Å². The number of hydrogen-bond acceptors (Lipinski definition) is 2. The van der Waals surface area contributed by atoms with Gasteiger partial charge in [-0.1, -0.05) is 56.9 Å². The Balaban J connectivity index is 1.61. The fourth-order valence-corrected chi connectivity index (χ4v) is 4.38. The second kappa shape index (κ2) is 9.98. The summed E-state index contributed by atoms with van der Waals surface area (Å²) in [5.41, 5.74) is 2.61. The van der Waals surface area contributed by atoms with Gasteiger partial charge < -0.3 is 4.74 Å². The molecule has 3 heteroatoms. The van der Waals surface area contributed by atoms with E-state index in [1.54, 1.807) is 19.2 Å². The number of unbranched alkanes of at least 4 members (excludes halogenated alkanes) is 2. The van der Waals surface area contributed by atoms with Crippen molar-refractivity contribution in [1.82, 2.24) is 4.98 Å². The standard InChI is InChI=1S/C24H32FNO/c1-3-4-5-8-18-11-13-19(14-12-18)20-15-16-23(26-17-20)24(27-2)21-9-6-7-10-22(21)25/h6-7,9-10,15-19,24H,3-5,8,11-14H2,1-2H3/t18-,19-,24?. The third kappa shape index (κ3) is 5.16. The Kier molecular flexibility index (Phi) is 7.40. The van der Waals surface area contributed by atoms with Crippen LogP contribution in [0.2, 0.25) is 0 Å². The number of pyridine rings is 1. The summed E-state index contributed by atoms with van der Waals surface area (Å²) in [6.45, 7) is 2.27. The van der Waals surface area contributed by atoms with E-state index in [4.69, 9.17) is 4.74 Å². The molecule has 3 rings (SSSR count). The molecule has 1 unspecified atom stereocenters. The van der Waals surface area contributed by atoms with Gasteiger partial charge in [0.2, 0.25) is 0 Å². The highest BCUT2D eigenvalue weighted by Crippen LogP contribution is 2.38. The third-order valence-corrected chi connectivity index (χ3v) is 6.04. The van der Waals surface area contributed by atoms with Crippen molar-refractivity contribution >= 4 is 0 Å². The highest BCUT2D eigenvalue weighted by atomic mass is 19.1. The van der Waals surface area contributed by atoms with E-state index in [0.717, 1.165) is 11.6 Å². The molecule has 2 nitrogen and oxygen atoms in total. The Morgan fingerprint density at radius 1 is 1.07 bits per heavy atom. The number of aromatic nitrogens is 1. The van der Waals surface area contributed by atoms with Gasteiger partial charge in [-0.05, 0) is 55.2 Å². The first-order valence-corrected chi connectivity index (χ1v) is 10.5. The molecule has 1 aromatic carbocycles. The molecule has 0 N–H and O–H groups in total. The zero-order valence-corrected chi connectivity index (χ0v) is 16.7. The van der Waals surface area contributed by atoms with Crippen LogP contribution in [0.15, 0.2) is 42.6 Å². The highest BCUT2D eigenvalue weighted by molar-refractivity contribution is 5.29. The first-order valence-electron chi connectivity index (χ1n) is 10.5. The number of ether oxygens (including phenoxy) is 1. The van der Waals surface area contributed by atoms with Gasteiger partial charge in [-0.25, -0.2) is 4.39 Å². The molecule has 1 aromatic heterocycles. The number of halogens is 1. The van der Waals surface area contributed by atoms with Gasteiger partial charge in [0.05, 0.1) is 5.69 Å². The van der Waals surface area contributed by atoms with Crippen molar-refractivity contribution in [2.45, 2.75) is 70.3 Å². The van der Waals surface area contributed by atoms with Gasteiger partial charge in [0.1, 0.15) is 11.9 Å². The summed E-state index contributed by atoms with van der Waals surface area (Å²) in [4.78, 5) is 4.63. The van der Waals surface area contributed by atoms with Crippen molar-refractivity contribution in [3.63, 3.8) is 0 Å². The molecule has 1 saturated carbocycles. The van der Waals surface area contributed by atoms with Crippen LogP contribution < -0.4 is 0 Å². The lowest BCUT2D eigenvalue weighted by molar-refractivity contribution is 0.129. The highest BCUT2D eigenvalue weighted by Gasteiger charge is 2.23. The fourth-order valence-electron chi connectivity index (χ4n) is 4.38. The first kappa shape index (κ1) is 20.0. The smallest absolute Gasteiger partial charge is 0.129 e. The van der Waals surface area contributed by atoms with Crippen molar-refractivity contribution in [2.75, 3.05) is 7.11 Å². The van der Waals surface area contributed by atoms with E-state index in [0.29, 0.717) is 11.5 Å². The topological polar surface area (TPSA) is 22.1 Å². The molecular formula is C24H32FNO. The van der Waals surface area contributed by atoms with E-state index in [2.05, 4.69) is 18.0 Å². The maximum absolute atomic E-state index is 14.1. The SMILES string of the molecule is CCCCC[C@H]1CC[C@H](c2ccc(C(OC)c3ccccc3F)nc2)CC1. The van der Waals surface area contributed by atoms with Crippen molar-refractivity contribution in [3.8, 4) is 0 Å². The average molecular weight is 370 g/mol. The maximum Gasteiger partial charge on any atom is 0.129 e. The van der Waals surface area contributed by atoms with Crippen molar-refractivity contribution < 1.29 is 9.13 Å². The Hall–Kier alpha value is -1.74. The first-order chi connectivity index (χ1) is 13.2. The van der Waals surface area contributed by atoms with Crippen LogP contribution in [0.5, 0.6) is 0 Å². The number of methoxy groups -OCH3 is 1. The molecule has 0 bridgehead atoms.